The predicted molar refractivity (Wildman–Crippen MR) is 178 cm³/mol. The van der Waals surface area contributed by atoms with Gasteiger partial charge in [0.25, 0.3) is 0 Å². The molecular weight excluding hydrogens is 565 g/mol. The van der Waals surface area contributed by atoms with Crippen molar-refractivity contribution in [3.63, 3.8) is 0 Å². The Hall–Kier alpha value is -2.06. The second-order valence-corrected chi connectivity index (χ2v) is 11.4. The lowest BCUT2D eigenvalue weighted by molar-refractivity contribution is -0.154. The molecule has 0 aliphatic carbocycles. The molecule has 43 heavy (non-hydrogen) atoms. The maximum atomic E-state index is 11.8. The van der Waals surface area contributed by atoms with Crippen LogP contribution in [0.4, 0.5) is 0 Å². The first kappa shape index (κ1) is 40.9. The molecule has 0 rings (SSSR count). The molecule has 2 atom stereocenters. The topological polar surface area (TPSA) is 117 Å². The molecule has 8 nitrogen and oxygen atoms in total. The van der Waals surface area contributed by atoms with Crippen LogP contribution in [-0.4, -0.2) is 49.9 Å². The van der Waals surface area contributed by atoms with Gasteiger partial charge in [0.1, 0.15) is 6.10 Å². The zero-order chi connectivity index (χ0) is 31.7. The summed E-state index contributed by atoms with van der Waals surface area (Å²) < 4.78 is 32.2. The third kappa shape index (κ3) is 31.2. The molecule has 0 saturated heterocycles. The average Bonchev–Trinajstić information content (AvgIpc) is 3.00. The minimum atomic E-state index is -4.24. The summed E-state index contributed by atoms with van der Waals surface area (Å²) in [6.45, 7) is 4.12. The summed E-state index contributed by atoms with van der Waals surface area (Å²) in [4.78, 5) is 21.3. The van der Waals surface area contributed by atoms with E-state index in [1.807, 2.05) is 0 Å². The van der Waals surface area contributed by atoms with Crippen molar-refractivity contribution in [1.82, 2.24) is 0 Å². The molecule has 0 aliphatic heterocycles. The summed E-state index contributed by atoms with van der Waals surface area (Å²) in [5.74, 6) is -0.431. The standard InChI is InChI=1S/C34H58NO7P/c1-3-5-6-7-8-9-10-11-12-13-14-15-16-17-18-19-20-21-22-23-24-25-26-27-29-39-31-33(42-34(36)4-2)32-41-43(37,38)40-30-28-35/h5-6,8-9,11-12,14-15,17-18,20-21,33H,3-4,7,10,13,16,19,22-32,35H2,1-2H3,(H,37,38)/b6-5-,9-8-,12-11-,15-14-,18-17-,21-20-. The number of carbonyl (C=O) groups excluding carboxylic acids is 1. The van der Waals surface area contributed by atoms with Crippen LogP contribution in [0, 0.1) is 0 Å². The summed E-state index contributed by atoms with van der Waals surface area (Å²) in [7, 11) is -4.24. The molecule has 0 heterocycles. The number of phosphoric acid groups is 1. The van der Waals surface area contributed by atoms with Crippen LogP contribution < -0.4 is 5.73 Å². The summed E-state index contributed by atoms with van der Waals surface area (Å²) in [5.41, 5.74) is 5.26. The number of carbonyl (C=O) groups is 1. The van der Waals surface area contributed by atoms with Gasteiger partial charge in [0.15, 0.2) is 0 Å². The highest BCUT2D eigenvalue weighted by Gasteiger charge is 2.24. The lowest BCUT2D eigenvalue weighted by Gasteiger charge is -2.19. The minimum absolute atomic E-state index is 0.0886. The van der Waals surface area contributed by atoms with Crippen molar-refractivity contribution in [3.05, 3.63) is 72.9 Å². The molecule has 0 radical (unpaired) electrons. The molecule has 3 N–H and O–H groups in total. The van der Waals surface area contributed by atoms with Crippen LogP contribution in [0.3, 0.4) is 0 Å². The van der Waals surface area contributed by atoms with Gasteiger partial charge in [0.2, 0.25) is 0 Å². The molecule has 0 amide bonds. The Morgan fingerprint density at radius 3 is 1.74 bits per heavy atom. The van der Waals surface area contributed by atoms with E-state index in [-0.39, 0.29) is 32.8 Å². The second kappa shape index (κ2) is 31.4. The van der Waals surface area contributed by atoms with Crippen LogP contribution >= 0.6 is 7.82 Å². The fourth-order valence-electron chi connectivity index (χ4n) is 3.62. The lowest BCUT2D eigenvalue weighted by Crippen LogP contribution is -2.28. The highest BCUT2D eigenvalue weighted by Crippen LogP contribution is 2.43. The number of phosphoric ester groups is 1. The molecule has 0 fully saturated rings. The quantitative estimate of drug-likeness (QED) is 0.0369. The van der Waals surface area contributed by atoms with E-state index in [9.17, 15) is 14.3 Å². The van der Waals surface area contributed by atoms with Gasteiger partial charge >= 0.3 is 13.8 Å². The predicted octanol–water partition coefficient (Wildman–Crippen LogP) is 8.46. The number of allylic oxidation sites excluding steroid dienone is 12. The molecule has 0 bridgehead atoms. The summed E-state index contributed by atoms with van der Waals surface area (Å²) in [6, 6.07) is 0. The average molecular weight is 624 g/mol. The normalized spacial score (nSPS) is 14.8. The molecular formula is C34H58NO7P. The van der Waals surface area contributed by atoms with E-state index >= 15 is 0 Å². The van der Waals surface area contributed by atoms with E-state index in [4.69, 9.17) is 24.3 Å². The first-order valence-electron chi connectivity index (χ1n) is 15.9. The van der Waals surface area contributed by atoms with Gasteiger partial charge in [-0.15, -0.1) is 0 Å². The number of rotatable bonds is 29. The molecule has 0 aromatic rings. The molecule has 2 unspecified atom stereocenters. The number of unbranched alkanes of at least 4 members (excludes halogenated alkanes) is 5. The van der Waals surface area contributed by atoms with Crippen molar-refractivity contribution in [2.75, 3.05) is 33.0 Å². The Labute approximate surface area is 261 Å². The smallest absolute Gasteiger partial charge is 0.457 e. The van der Waals surface area contributed by atoms with Gasteiger partial charge in [-0.3, -0.25) is 13.8 Å². The number of nitrogens with two attached hydrogens (primary N) is 1. The van der Waals surface area contributed by atoms with Crippen molar-refractivity contribution in [2.45, 2.75) is 103 Å². The zero-order valence-corrected chi connectivity index (χ0v) is 27.5. The van der Waals surface area contributed by atoms with Crippen LogP contribution in [0.2, 0.25) is 0 Å². The third-order valence-corrected chi connectivity index (χ3v) is 6.93. The van der Waals surface area contributed by atoms with Crippen molar-refractivity contribution in [1.29, 1.82) is 0 Å². The first-order chi connectivity index (χ1) is 20.9. The SMILES string of the molecule is CC/C=C\C/C=C\C/C=C\C/C=C\C/C=C\C/C=C\CCCCCCCOCC(COP(=O)(O)OCCN)OC(=O)CC. The minimum Gasteiger partial charge on any atom is -0.457 e. The summed E-state index contributed by atoms with van der Waals surface area (Å²) in [5, 5.41) is 0. The monoisotopic (exact) mass is 623 g/mol. The maximum Gasteiger partial charge on any atom is 0.472 e. The maximum absolute atomic E-state index is 11.8. The Morgan fingerprint density at radius 1 is 0.698 bits per heavy atom. The van der Waals surface area contributed by atoms with Crippen LogP contribution in [-0.2, 0) is 27.9 Å². The van der Waals surface area contributed by atoms with Crippen LogP contribution in [0.1, 0.15) is 97.3 Å². The fraction of sp³-hybridized carbons (Fsp3) is 0.618. The van der Waals surface area contributed by atoms with Crippen LogP contribution in [0.25, 0.3) is 0 Å². The van der Waals surface area contributed by atoms with Crippen molar-refractivity contribution in [2.24, 2.45) is 5.73 Å². The number of hydrogen-bond acceptors (Lipinski definition) is 7. The lowest BCUT2D eigenvalue weighted by atomic mass is 10.1. The van der Waals surface area contributed by atoms with Gasteiger partial charge in [0.05, 0.1) is 19.8 Å². The van der Waals surface area contributed by atoms with Crippen LogP contribution in [0.15, 0.2) is 72.9 Å². The Morgan fingerprint density at radius 2 is 1.21 bits per heavy atom. The van der Waals surface area contributed by atoms with E-state index in [2.05, 4.69) is 79.8 Å². The molecule has 0 saturated carbocycles. The van der Waals surface area contributed by atoms with E-state index in [0.717, 1.165) is 64.2 Å². The highest BCUT2D eigenvalue weighted by atomic mass is 31.2. The third-order valence-electron chi connectivity index (χ3n) is 5.94. The van der Waals surface area contributed by atoms with E-state index in [0.29, 0.717) is 6.61 Å². The van der Waals surface area contributed by atoms with Crippen molar-refractivity contribution >= 4 is 13.8 Å². The van der Waals surface area contributed by atoms with E-state index in [1.165, 1.54) is 12.8 Å². The molecule has 0 spiro atoms. The van der Waals surface area contributed by atoms with E-state index < -0.39 is 19.9 Å². The van der Waals surface area contributed by atoms with Crippen molar-refractivity contribution in [3.8, 4) is 0 Å². The Balaban J connectivity index is 3.77. The van der Waals surface area contributed by atoms with Gasteiger partial charge in [-0.1, -0.05) is 106 Å². The molecule has 246 valence electrons. The zero-order valence-electron chi connectivity index (χ0n) is 26.7. The van der Waals surface area contributed by atoms with Gasteiger partial charge in [0, 0.05) is 19.6 Å². The van der Waals surface area contributed by atoms with Gasteiger partial charge < -0.3 is 20.1 Å². The van der Waals surface area contributed by atoms with Crippen LogP contribution in [0.5, 0.6) is 0 Å². The van der Waals surface area contributed by atoms with Gasteiger partial charge in [-0.2, -0.15) is 0 Å². The fourth-order valence-corrected chi connectivity index (χ4v) is 4.38. The Kier molecular flexibility index (Phi) is 29.9. The largest absolute Gasteiger partial charge is 0.472 e. The Bertz CT molecular complexity index is 880. The second-order valence-electron chi connectivity index (χ2n) is 9.90. The molecule has 9 heteroatoms. The molecule has 0 aromatic carbocycles. The summed E-state index contributed by atoms with van der Waals surface area (Å²) in [6.07, 6.45) is 38.6. The number of ether oxygens (including phenoxy) is 2. The van der Waals surface area contributed by atoms with Gasteiger partial charge in [-0.05, 0) is 57.8 Å². The summed E-state index contributed by atoms with van der Waals surface area (Å²) >= 11 is 0. The van der Waals surface area contributed by atoms with Gasteiger partial charge in [-0.25, -0.2) is 4.57 Å². The number of hydrogen-bond donors (Lipinski definition) is 2. The number of esters is 1. The molecule has 0 aromatic heterocycles. The highest BCUT2D eigenvalue weighted by molar-refractivity contribution is 7.47. The van der Waals surface area contributed by atoms with E-state index in [1.54, 1.807) is 6.92 Å². The van der Waals surface area contributed by atoms with Crippen molar-refractivity contribution < 1.29 is 32.8 Å². The first-order valence-corrected chi connectivity index (χ1v) is 17.4. The molecule has 0 aliphatic rings.